The predicted octanol–water partition coefficient (Wildman–Crippen LogP) is 4.04. The molecule has 4 nitrogen and oxygen atoms in total. The minimum Gasteiger partial charge on any atom is -0.494 e. The van der Waals surface area contributed by atoms with Crippen molar-refractivity contribution >= 4 is 5.91 Å². The van der Waals surface area contributed by atoms with E-state index in [1.807, 2.05) is 62.4 Å². The van der Waals surface area contributed by atoms with Crippen LogP contribution in [0.5, 0.6) is 11.5 Å². The van der Waals surface area contributed by atoms with Gasteiger partial charge in [0.05, 0.1) is 12.6 Å². The number of hydrogen-bond acceptors (Lipinski definition) is 3. The Morgan fingerprint density at radius 2 is 1.67 bits per heavy atom. The SMILES string of the molecule is CCCOc1ccc(OCC(=O)NC(C)c2ccccc2C)cc1. The molecule has 0 radical (unpaired) electrons. The Kier molecular flexibility index (Phi) is 6.67. The van der Waals surface area contributed by atoms with Crippen LogP contribution in [-0.4, -0.2) is 19.1 Å². The highest BCUT2D eigenvalue weighted by molar-refractivity contribution is 5.78. The number of rotatable bonds is 8. The Hall–Kier alpha value is -2.49. The smallest absolute Gasteiger partial charge is 0.258 e. The van der Waals surface area contributed by atoms with Gasteiger partial charge in [0.1, 0.15) is 11.5 Å². The van der Waals surface area contributed by atoms with Gasteiger partial charge in [-0.05, 0) is 55.7 Å². The molecule has 2 rings (SSSR count). The fraction of sp³-hybridized carbons (Fsp3) is 0.350. The van der Waals surface area contributed by atoms with Crippen LogP contribution in [0.1, 0.15) is 37.4 Å². The molecule has 0 saturated heterocycles. The summed E-state index contributed by atoms with van der Waals surface area (Å²) in [4.78, 5) is 12.1. The van der Waals surface area contributed by atoms with Crippen molar-refractivity contribution in [3.8, 4) is 11.5 Å². The lowest BCUT2D eigenvalue weighted by Gasteiger charge is -2.16. The summed E-state index contributed by atoms with van der Waals surface area (Å²) in [6, 6.07) is 15.3. The van der Waals surface area contributed by atoms with Gasteiger partial charge in [0.2, 0.25) is 0 Å². The molecule has 0 heterocycles. The van der Waals surface area contributed by atoms with Crippen molar-refractivity contribution in [3.05, 3.63) is 59.7 Å². The summed E-state index contributed by atoms with van der Waals surface area (Å²) in [6.45, 7) is 6.76. The van der Waals surface area contributed by atoms with Crippen molar-refractivity contribution < 1.29 is 14.3 Å². The number of carbonyl (C=O) groups is 1. The second-order valence-electron chi connectivity index (χ2n) is 5.75. The van der Waals surface area contributed by atoms with E-state index in [4.69, 9.17) is 9.47 Å². The maximum absolute atomic E-state index is 12.1. The minimum absolute atomic E-state index is 0.00855. The topological polar surface area (TPSA) is 47.6 Å². The maximum atomic E-state index is 12.1. The first-order valence-corrected chi connectivity index (χ1v) is 8.30. The van der Waals surface area contributed by atoms with Crippen molar-refractivity contribution in [2.24, 2.45) is 0 Å². The van der Waals surface area contributed by atoms with Gasteiger partial charge in [0, 0.05) is 0 Å². The average molecular weight is 327 g/mol. The summed E-state index contributed by atoms with van der Waals surface area (Å²) < 4.78 is 11.0. The molecule has 0 aliphatic carbocycles. The molecule has 0 aromatic heterocycles. The number of ether oxygens (including phenoxy) is 2. The quantitative estimate of drug-likeness (QED) is 0.796. The van der Waals surface area contributed by atoms with Gasteiger partial charge in [-0.2, -0.15) is 0 Å². The number of aryl methyl sites for hydroxylation is 1. The molecule has 4 heteroatoms. The summed E-state index contributed by atoms with van der Waals surface area (Å²) in [5.41, 5.74) is 2.28. The van der Waals surface area contributed by atoms with Crippen molar-refractivity contribution in [1.29, 1.82) is 0 Å². The van der Waals surface area contributed by atoms with Gasteiger partial charge in [-0.15, -0.1) is 0 Å². The highest BCUT2D eigenvalue weighted by Gasteiger charge is 2.11. The second-order valence-corrected chi connectivity index (χ2v) is 5.75. The molecule has 0 saturated carbocycles. The largest absolute Gasteiger partial charge is 0.494 e. The normalized spacial score (nSPS) is 11.6. The van der Waals surface area contributed by atoms with Gasteiger partial charge in [0.25, 0.3) is 5.91 Å². The summed E-state index contributed by atoms with van der Waals surface area (Å²) in [6.07, 6.45) is 0.970. The molecule has 1 unspecified atom stereocenters. The van der Waals surface area contributed by atoms with Crippen LogP contribution in [0.2, 0.25) is 0 Å². The summed E-state index contributed by atoms with van der Waals surface area (Å²) in [5.74, 6) is 1.32. The van der Waals surface area contributed by atoms with E-state index in [0.29, 0.717) is 12.4 Å². The van der Waals surface area contributed by atoms with E-state index >= 15 is 0 Å². The Morgan fingerprint density at radius 3 is 2.29 bits per heavy atom. The van der Waals surface area contributed by atoms with Gasteiger partial charge in [0.15, 0.2) is 6.61 Å². The lowest BCUT2D eigenvalue weighted by molar-refractivity contribution is -0.123. The van der Waals surface area contributed by atoms with E-state index in [-0.39, 0.29) is 18.6 Å². The number of nitrogens with one attached hydrogen (secondary N) is 1. The van der Waals surface area contributed by atoms with Crippen LogP contribution in [0, 0.1) is 6.92 Å². The van der Waals surface area contributed by atoms with Crippen LogP contribution in [-0.2, 0) is 4.79 Å². The van der Waals surface area contributed by atoms with E-state index in [9.17, 15) is 4.79 Å². The van der Waals surface area contributed by atoms with Crippen LogP contribution >= 0.6 is 0 Å². The van der Waals surface area contributed by atoms with Crippen molar-refractivity contribution in [1.82, 2.24) is 5.32 Å². The van der Waals surface area contributed by atoms with Crippen LogP contribution in [0.25, 0.3) is 0 Å². The fourth-order valence-corrected chi connectivity index (χ4v) is 2.43. The van der Waals surface area contributed by atoms with Crippen molar-refractivity contribution in [2.75, 3.05) is 13.2 Å². The monoisotopic (exact) mass is 327 g/mol. The van der Waals surface area contributed by atoms with Crippen LogP contribution in [0.3, 0.4) is 0 Å². The standard InChI is InChI=1S/C20H25NO3/c1-4-13-23-17-9-11-18(12-10-17)24-14-20(22)21-16(3)19-8-6-5-7-15(19)2/h5-12,16H,4,13-14H2,1-3H3,(H,21,22). The highest BCUT2D eigenvalue weighted by Crippen LogP contribution is 2.18. The van der Waals surface area contributed by atoms with Crippen LogP contribution in [0.4, 0.5) is 0 Å². The molecule has 24 heavy (non-hydrogen) atoms. The lowest BCUT2D eigenvalue weighted by atomic mass is 10.0. The minimum atomic E-state index is -0.142. The second kappa shape index (κ2) is 8.96. The number of carbonyl (C=O) groups excluding carboxylic acids is 1. The molecule has 0 spiro atoms. The van der Waals surface area contributed by atoms with Crippen LogP contribution in [0.15, 0.2) is 48.5 Å². The van der Waals surface area contributed by atoms with Crippen LogP contribution < -0.4 is 14.8 Å². The first-order valence-electron chi connectivity index (χ1n) is 8.30. The molecule has 0 aliphatic heterocycles. The summed E-state index contributed by atoms with van der Waals surface area (Å²) >= 11 is 0. The van der Waals surface area contributed by atoms with E-state index in [2.05, 4.69) is 12.2 Å². The number of hydrogen-bond donors (Lipinski definition) is 1. The third-order valence-electron chi connectivity index (χ3n) is 3.70. The zero-order valence-electron chi connectivity index (χ0n) is 14.5. The predicted molar refractivity (Wildman–Crippen MR) is 95.5 cm³/mol. The maximum Gasteiger partial charge on any atom is 0.258 e. The van der Waals surface area contributed by atoms with E-state index in [1.165, 1.54) is 0 Å². The molecular formula is C20H25NO3. The summed E-state index contributed by atoms with van der Waals surface area (Å²) in [5, 5.41) is 2.96. The van der Waals surface area contributed by atoms with Gasteiger partial charge >= 0.3 is 0 Å². The Labute approximate surface area is 143 Å². The molecule has 0 fully saturated rings. The Bertz CT molecular complexity index is 652. The van der Waals surface area contributed by atoms with E-state index in [0.717, 1.165) is 23.3 Å². The molecule has 0 bridgehead atoms. The molecule has 1 N–H and O–H groups in total. The summed E-state index contributed by atoms with van der Waals surface area (Å²) in [7, 11) is 0. The van der Waals surface area contributed by atoms with Crippen molar-refractivity contribution in [2.45, 2.75) is 33.2 Å². The Balaban J connectivity index is 1.81. The average Bonchev–Trinajstić information content (AvgIpc) is 2.59. The molecule has 2 aromatic carbocycles. The van der Waals surface area contributed by atoms with Gasteiger partial charge in [-0.1, -0.05) is 31.2 Å². The van der Waals surface area contributed by atoms with Gasteiger partial charge in [-0.3, -0.25) is 4.79 Å². The Morgan fingerprint density at radius 1 is 1.04 bits per heavy atom. The molecular weight excluding hydrogens is 302 g/mol. The molecule has 1 amide bonds. The van der Waals surface area contributed by atoms with E-state index < -0.39 is 0 Å². The van der Waals surface area contributed by atoms with Gasteiger partial charge in [-0.25, -0.2) is 0 Å². The lowest BCUT2D eigenvalue weighted by Crippen LogP contribution is -2.31. The fourth-order valence-electron chi connectivity index (χ4n) is 2.43. The van der Waals surface area contributed by atoms with Gasteiger partial charge < -0.3 is 14.8 Å². The molecule has 0 aliphatic rings. The first kappa shape index (κ1) is 17.9. The highest BCUT2D eigenvalue weighted by atomic mass is 16.5. The van der Waals surface area contributed by atoms with E-state index in [1.54, 1.807) is 0 Å². The third kappa shape index (κ3) is 5.30. The molecule has 2 aromatic rings. The number of benzene rings is 2. The zero-order chi connectivity index (χ0) is 17.4. The number of amides is 1. The van der Waals surface area contributed by atoms with Crippen molar-refractivity contribution in [3.63, 3.8) is 0 Å². The molecule has 128 valence electrons. The molecule has 1 atom stereocenters. The zero-order valence-corrected chi connectivity index (χ0v) is 14.5. The first-order chi connectivity index (χ1) is 11.6. The third-order valence-corrected chi connectivity index (χ3v) is 3.70.